The molecule has 0 unspecified atom stereocenters. The molecule has 5 aromatic rings. The maximum absolute atomic E-state index is 12.7. The molecule has 0 saturated carbocycles. The molecule has 0 atom stereocenters. The lowest BCUT2D eigenvalue weighted by Crippen LogP contribution is -2.08. The molecule has 0 aliphatic rings. The molecule has 324 valence electrons. The predicted molar refractivity (Wildman–Crippen MR) is 206 cm³/mol. The summed E-state index contributed by atoms with van der Waals surface area (Å²) in [6.45, 7) is 2.00. The highest BCUT2D eigenvalue weighted by atomic mass is 19.4. The molecule has 17 heteroatoms. The maximum atomic E-state index is 12.7. The molecule has 0 aromatic heterocycles. The van der Waals surface area contributed by atoms with Gasteiger partial charge in [0.15, 0.2) is 11.6 Å². The molecule has 0 aliphatic heterocycles. The van der Waals surface area contributed by atoms with E-state index in [1.165, 1.54) is 42.5 Å². The van der Waals surface area contributed by atoms with Crippen molar-refractivity contribution in [1.29, 1.82) is 0 Å². The SMILES string of the molecule is NCCc1cc(F)cc(C(F)(F)F)c1.NCCc1cc(F)cc(F)c1.NCCc1ccc(C(F)(F)F)cc1.NCCc1ccc(F)c(F)c1.NCCc1ccccc1F. The van der Waals surface area contributed by atoms with Gasteiger partial charge in [-0.2, -0.15) is 26.3 Å². The van der Waals surface area contributed by atoms with Gasteiger partial charge >= 0.3 is 12.4 Å². The lowest BCUT2D eigenvalue weighted by Gasteiger charge is -2.08. The van der Waals surface area contributed by atoms with Crippen LogP contribution in [0.4, 0.5) is 52.7 Å². The molecule has 0 bridgehead atoms. The van der Waals surface area contributed by atoms with Crippen molar-refractivity contribution in [3.63, 3.8) is 0 Å². The fourth-order valence-electron chi connectivity index (χ4n) is 4.79. The van der Waals surface area contributed by atoms with E-state index >= 15 is 0 Å². The summed E-state index contributed by atoms with van der Waals surface area (Å²) in [5.74, 6) is -3.76. The van der Waals surface area contributed by atoms with Crippen molar-refractivity contribution in [3.05, 3.63) is 177 Å². The van der Waals surface area contributed by atoms with E-state index in [-0.39, 0.29) is 24.3 Å². The van der Waals surface area contributed by atoms with Crippen LogP contribution < -0.4 is 28.7 Å². The van der Waals surface area contributed by atoms with E-state index < -0.39 is 52.6 Å². The number of benzene rings is 5. The normalized spacial score (nSPS) is 10.8. The van der Waals surface area contributed by atoms with Gasteiger partial charge in [-0.3, -0.25) is 0 Å². The second-order valence-corrected chi connectivity index (χ2v) is 12.4. The number of hydrogen-bond donors (Lipinski definition) is 5. The molecule has 59 heavy (non-hydrogen) atoms. The van der Waals surface area contributed by atoms with Crippen LogP contribution >= 0.6 is 0 Å². The summed E-state index contributed by atoms with van der Waals surface area (Å²) in [6, 6.07) is 21.4. The first-order valence-electron chi connectivity index (χ1n) is 17.9. The average Bonchev–Trinajstić information content (AvgIpc) is 3.15. The Hall–Kier alpha value is -4.94. The fourth-order valence-corrected chi connectivity index (χ4v) is 4.79. The van der Waals surface area contributed by atoms with E-state index in [1.807, 2.05) is 6.07 Å². The largest absolute Gasteiger partial charge is 0.416 e. The van der Waals surface area contributed by atoms with Crippen molar-refractivity contribution < 1.29 is 52.7 Å². The Morgan fingerprint density at radius 3 is 1.22 bits per heavy atom. The Morgan fingerprint density at radius 1 is 0.339 bits per heavy atom. The average molecular weight is 850 g/mol. The minimum Gasteiger partial charge on any atom is -0.330 e. The number of nitrogens with two attached hydrogens (primary N) is 5. The second-order valence-electron chi connectivity index (χ2n) is 12.4. The van der Waals surface area contributed by atoms with Crippen molar-refractivity contribution in [3.8, 4) is 0 Å². The third-order valence-electron chi connectivity index (χ3n) is 7.58. The van der Waals surface area contributed by atoms with Crippen LogP contribution in [0.3, 0.4) is 0 Å². The summed E-state index contributed by atoms with van der Waals surface area (Å²) < 4.78 is 148. The highest BCUT2D eigenvalue weighted by molar-refractivity contribution is 5.27. The Balaban J connectivity index is 0.000000371. The summed E-state index contributed by atoms with van der Waals surface area (Å²) in [5.41, 5.74) is 27.7. The monoisotopic (exact) mass is 849 g/mol. The minimum absolute atomic E-state index is 0.159. The smallest absolute Gasteiger partial charge is 0.330 e. The molecule has 0 aliphatic carbocycles. The van der Waals surface area contributed by atoms with Crippen LogP contribution in [0.25, 0.3) is 0 Å². The third-order valence-corrected chi connectivity index (χ3v) is 7.58. The zero-order valence-corrected chi connectivity index (χ0v) is 31.8. The highest BCUT2D eigenvalue weighted by Crippen LogP contribution is 2.31. The van der Waals surface area contributed by atoms with Gasteiger partial charge < -0.3 is 28.7 Å². The Morgan fingerprint density at radius 2 is 0.763 bits per heavy atom. The molecule has 0 amide bonds. The number of alkyl halides is 6. The summed E-state index contributed by atoms with van der Waals surface area (Å²) in [7, 11) is 0. The highest BCUT2D eigenvalue weighted by Gasteiger charge is 2.31. The van der Waals surface area contributed by atoms with Crippen LogP contribution in [0.5, 0.6) is 0 Å². The van der Waals surface area contributed by atoms with Crippen molar-refractivity contribution in [2.24, 2.45) is 28.7 Å². The van der Waals surface area contributed by atoms with Gasteiger partial charge in [-0.1, -0.05) is 36.4 Å². The summed E-state index contributed by atoms with van der Waals surface area (Å²) in [6.07, 6.45) is -6.20. The first-order chi connectivity index (χ1) is 27.8. The minimum atomic E-state index is -4.51. The van der Waals surface area contributed by atoms with E-state index in [0.717, 1.165) is 47.5 Å². The van der Waals surface area contributed by atoms with Gasteiger partial charge in [-0.05, 0) is 153 Å². The molecule has 0 heterocycles. The molecular formula is C42H47F12N5. The van der Waals surface area contributed by atoms with Crippen LogP contribution in [-0.2, 0) is 44.5 Å². The third kappa shape index (κ3) is 21.6. The molecule has 0 saturated heterocycles. The number of rotatable bonds is 10. The standard InChI is InChI=1S/C9H9F4N.C9H10F3N.2C8H9F2N.C8H10FN/c10-8-4-6(1-2-14)3-7(5-8)9(11,12)13;10-9(11,12)8-3-1-7(2-4-8)5-6-13;9-7-3-6(1-2-11)4-8(10)5-7;9-7-2-1-6(3-4-11)5-8(7)10;9-8-4-2-1-3-7(8)5-6-10/h3-5H,1-2,14H2;1-4H,5-6,13H2;3-5H,1-2,11H2;1-2,5H,3-4,11H2;1-4H,5-6,10H2. The predicted octanol–water partition coefficient (Wildman–Crippen LogP) is 8.81. The first kappa shape index (κ1) is 52.1. The lowest BCUT2D eigenvalue weighted by molar-refractivity contribution is -0.138. The molecule has 5 rings (SSSR count). The number of hydrogen-bond acceptors (Lipinski definition) is 5. The van der Waals surface area contributed by atoms with Gasteiger partial charge in [0.1, 0.15) is 23.3 Å². The molecule has 10 N–H and O–H groups in total. The van der Waals surface area contributed by atoms with Crippen LogP contribution in [0.15, 0.2) is 103 Å². The van der Waals surface area contributed by atoms with E-state index in [9.17, 15) is 52.7 Å². The topological polar surface area (TPSA) is 130 Å². The molecule has 5 nitrogen and oxygen atoms in total. The lowest BCUT2D eigenvalue weighted by atomic mass is 10.1. The van der Waals surface area contributed by atoms with E-state index in [0.29, 0.717) is 69.1 Å². The van der Waals surface area contributed by atoms with E-state index in [2.05, 4.69) is 0 Å². The van der Waals surface area contributed by atoms with Crippen molar-refractivity contribution in [2.75, 3.05) is 32.7 Å². The summed E-state index contributed by atoms with van der Waals surface area (Å²) >= 11 is 0. The Kier molecular flexibility index (Phi) is 23.8. The van der Waals surface area contributed by atoms with Gasteiger partial charge in [0.05, 0.1) is 11.1 Å². The van der Waals surface area contributed by atoms with Gasteiger partial charge in [-0.25, -0.2) is 26.3 Å². The maximum Gasteiger partial charge on any atom is 0.416 e. The summed E-state index contributed by atoms with van der Waals surface area (Å²) in [5, 5.41) is 0. The Labute approximate surface area is 335 Å². The molecule has 0 spiro atoms. The van der Waals surface area contributed by atoms with Gasteiger partial charge in [0, 0.05) is 6.07 Å². The Bertz CT molecular complexity index is 1920. The molecule has 0 fully saturated rings. The fraction of sp³-hybridized carbons (Fsp3) is 0.286. The van der Waals surface area contributed by atoms with Crippen LogP contribution in [-0.4, -0.2) is 32.7 Å². The first-order valence-corrected chi connectivity index (χ1v) is 17.9. The van der Waals surface area contributed by atoms with Crippen LogP contribution in [0, 0.1) is 34.9 Å². The zero-order valence-electron chi connectivity index (χ0n) is 31.8. The van der Waals surface area contributed by atoms with Crippen molar-refractivity contribution >= 4 is 0 Å². The van der Waals surface area contributed by atoms with Gasteiger partial charge in [0.2, 0.25) is 0 Å². The molecule has 0 radical (unpaired) electrons. The second kappa shape index (κ2) is 26.9. The quantitative estimate of drug-likeness (QED) is 0.0898. The van der Waals surface area contributed by atoms with Gasteiger partial charge in [0.25, 0.3) is 0 Å². The van der Waals surface area contributed by atoms with E-state index in [1.54, 1.807) is 12.1 Å². The number of halogens is 12. The summed E-state index contributed by atoms with van der Waals surface area (Å²) in [4.78, 5) is 0. The van der Waals surface area contributed by atoms with E-state index in [4.69, 9.17) is 28.7 Å². The molecule has 5 aromatic carbocycles. The zero-order chi connectivity index (χ0) is 44.6. The van der Waals surface area contributed by atoms with Crippen molar-refractivity contribution in [1.82, 2.24) is 0 Å². The van der Waals surface area contributed by atoms with Crippen molar-refractivity contribution in [2.45, 2.75) is 44.5 Å². The van der Waals surface area contributed by atoms with Crippen LogP contribution in [0.1, 0.15) is 38.9 Å². The van der Waals surface area contributed by atoms with Gasteiger partial charge in [-0.15, -0.1) is 0 Å². The van der Waals surface area contributed by atoms with Crippen LogP contribution in [0.2, 0.25) is 0 Å². The molecular weight excluding hydrogens is 802 g/mol.